The molecule has 15 heavy (non-hydrogen) atoms. The molecule has 0 amide bonds. The lowest BCUT2D eigenvalue weighted by atomic mass is 9.91. The summed E-state index contributed by atoms with van der Waals surface area (Å²) < 4.78 is 4.87. The van der Waals surface area contributed by atoms with Gasteiger partial charge in [0.2, 0.25) is 0 Å². The van der Waals surface area contributed by atoms with Crippen molar-refractivity contribution in [2.75, 3.05) is 6.61 Å². The van der Waals surface area contributed by atoms with E-state index in [4.69, 9.17) is 4.74 Å². The van der Waals surface area contributed by atoms with E-state index in [2.05, 4.69) is 25.8 Å². The standard InChI is InChI=1S/C12H17NO2/c1-5-15-11(14)9-6-7-10(13-8-9)12(2,3)4/h6-8H,5H2,1-4H3. The molecule has 1 heterocycles. The first-order valence-electron chi connectivity index (χ1n) is 5.09. The SMILES string of the molecule is CCOC(=O)c1ccc(C(C)(C)C)nc1. The number of aromatic nitrogens is 1. The number of carbonyl (C=O) groups excluding carboxylic acids is 1. The fraction of sp³-hybridized carbons (Fsp3) is 0.500. The molecule has 82 valence electrons. The van der Waals surface area contributed by atoms with Gasteiger partial charge in [0.05, 0.1) is 12.2 Å². The van der Waals surface area contributed by atoms with Gasteiger partial charge in [-0.1, -0.05) is 20.8 Å². The number of nitrogens with zero attached hydrogens (tertiary/aromatic N) is 1. The first-order valence-corrected chi connectivity index (χ1v) is 5.09. The predicted octanol–water partition coefficient (Wildman–Crippen LogP) is 2.56. The van der Waals surface area contributed by atoms with E-state index < -0.39 is 0 Å². The molecule has 1 aromatic rings. The molecule has 1 rings (SSSR count). The topological polar surface area (TPSA) is 39.2 Å². The fourth-order valence-corrected chi connectivity index (χ4v) is 1.17. The molecule has 0 aliphatic heterocycles. The van der Waals surface area contributed by atoms with Gasteiger partial charge in [0.1, 0.15) is 0 Å². The summed E-state index contributed by atoms with van der Waals surface area (Å²) in [7, 11) is 0. The van der Waals surface area contributed by atoms with Gasteiger partial charge in [-0.05, 0) is 19.1 Å². The largest absolute Gasteiger partial charge is 0.462 e. The third-order valence-corrected chi connectivity index (χ3v) is 2.04. The maximum atomic E-state index is 11.3. The van der Waals surface area contributed by atoms with Crippen molar-refractivity contribution in [3.05, 3.63) is 29.6 Å². The van der Waals surface area contributed by atoms with Crippen molar-refractivity contribution in [3.8, 4) is 0 Å². The van der Waals surface area contributed by atoms with Gasteiger partial charge in [-0.25, -0.2) is 4.79 Å². The number of carbonyl (C=O) groups is 1. The number of ether oxygens (including phenoxy) is 1. The van der Waals surface area contributed by atoms with Gasteiger partial charge in [-0.15, -0.1) is 0 Å². The lowest BCUT2D eigenvalue weighted by Gasteiger charge is -2.17. The van der Waals surface area contributed by atoms with Crippen LogP contribution in [0.5, 0.6) is 0 Å². The molecule has 3 heteroatoms. The van der Waals surface area contributed by atoms with E-state index in [0.29, 0.717) is 12.2 Å². The van der Waals surface area contributed by atoms with Crippen LogP contribution in [0.1, 0.15) is 43.7 Å². The van der Waals surface area contributed by atoms with E-state index in [9.17, 15) is 4.79 Å². The van der Waals surface area contributed by atoms with Gasteiger partial charge in [0.15, 0.2) is 0 Å². The minimum absolute atomic E-state index is 0.00713. The van der Waals surface area contributed by atoms with E-state index in [1.165, 1.54) is 0 Å². The molecule has 0 bridgehead atoms. The summed E-state index contributed by atoms with van der Waals surface area (Å²) in [6.45, 7) is 8.42. The Kier molecular flexibility index (Phi) is 3.45. The molecule has 0 aliphatic rings. The molecule has 0 atom stereocenters. The highest BCUT2D eigenvalue weighted by atomic mass is 16.5. The van der Waals surface area contributed by atoms with Crippen LogP contribution < -0.4 is 0 Å². The minimum Gasteiger partial charge on any atom is -0.462 e. The van der Waals surface area contributed by atoms with Crippen LogP contribution in [0.4, 0.5) is 0 Å². The number of esters is 1. The van der Waals surface area contributed by atoms with Crippen LogP contribution in [0.25, 0.3) is 0 Å². The van der Waals surface area contributed by atoms with Crippen molar-refractivity contribution in [3.63, 3.8) is 0 Å². The van der Waals surface area contributed by atoms with Crippen LogP contribution in [-0.4, -0.2) is 17.6 Å². The molecule has 0 spiro atoms. The zero-order valence-electron chi connectivity index (χ0n) is 9.70. The molecule has 0 radical (unpaired) electrons. The van der Waals surface area contributed by atoms with Gasteiger partial charge in [0, 0.05) is 17.3 Å². The van der Waals surface area contributed by atoms with Gasteiger partial charge in [-0.2, -0.15) is 0 Å². The number of rotatable bonds is 2. The fourth-order valence-electron chi connectivity index (χ4n) is 1.17. The predicted molar refractivity (Wildman–Crippen MR) is 58.9 cm³/mol. The van der Waals surface area contributed by atoms with Crippen molar-refractivity contribution in [2.24, 2.45) is 0 Å². The third kappa shape index (κ3) is 3.05. The van der Waals surface area contributed by atoms with Crippen molar-refractivity contribution in [1.29, 1.82) is 0 Å². The van der Waals surface area contributed by atoms with Gasteiger partial charge in [0.25, 0.3) is 0 Å². The van der Waals surface area contributed by atoms with Crippen molar-refractivity contribution >= 4 is 5.97 Å². The molecular formula is C12H17NO2. The monoisotopic (exact) mass is 207 g/mol. The summed E-state index contributed by atoms with van der Waals surface area (Å²) in [4.78, 5) is 15.6. The Morgan fingerprint density at radius 1 is 1.40 bits per heavy atom. The van der Waals surface area contributed by atoms with E-state index in [-0.39, 0.29) is 11.4 Å². The van der Waals surface area contributed by atoms with Crippen LogP contribution in [-0.2, 0) is 10.2 Å². The second-order valence-electron chi connectivity index (χ2n) is 4.40. The summed E-state index contributed by atoms with van der Waals surface area (Å²) in [5.74, 6) is -0.314. The lowest BCUT2D eigenvalue weighted by Crippen LogP contribution is -2.14. The van der Waals surface area contributed by atoms with Crippen LogP contribution in [0, 0.1) is 0 Å². The Hall–Kier alpha value is -1.38. The Labute approximate surface area is 90.5 Å². The van der Waals surface area contributed by atoms with E-state index >= 15 is 0 Å². The Morgan fingerprint density at radius 2 is 2.07 bits per heavy atom. The number of pyridine rings is 1. The van der Waals surface area contributed by atoms with Crippen molar-refractivity contribution in [2.45, 2.75) is 33.1 Å². The highest BCUT2D eigenvalue weighted by Gasteiger charge is 2.16. The Balaban J connectivity index is 2.86. The summed E-state index contributed by atoms with van der Waals surface area (Å²) in [6, 6.07) is 3.62. The number of hydrogen-bond acceptors (Lipinski definition) is 3. The Morgan fingerprint density at radius 3 is 2.47 bits per heavy atom. The zero-order valence-corrected chi connectivity index (χ0v) is 9.70. The summed E-state index contributed by atoms with van der Waals surface area (Å²) >= 11 is 0. The minimum atomic E-state index is -0.314. The van der Waals surface area contributed by atoms with Crippen molar-refractivity contribution in [1.82, 2.24) is 4.98 Å². The van der Waals surface area contributed by atoms with Crippen LogP contribution in [0.15, 0.2) is 18.3 Å². The van der Waals surface area contributed by atoms with Crippen LogP contribution in [0.3, 0.4) is 0 Å². The van der Waals surface area contributed by atoms with E-state index in [1.54, 1.807) is 19.2 Å². The molecule has 0 saturated heterocycles. The second kappa shape index (κ2) is 4.43. The third-order valence-electron chi connectivity index (χ3n) is 2.04. The molecule has 0 aliphatic carbocycles. The molecule has 0 N–H and O–H groups in total. The highest BCUT2D eigenvalue weighted by Crippen LogP contribution is 2.19. The molecule has 0 aromatic carbocycles. The van der Waals surface area contributed by atoms with E-state index in [1.807, 2.05) is 6.07 Å². The van der Waals surface area contributed by atoms with Gasteiger partial charge in [-0.3, -0.25) is 4.98 Å². The average Bonchev–Trinajstić information content (AvgIpc) is 2.17. The summed E-state index contributed by atoms with van der Waals surface area (Å²) in [5, 5.41) is 0. The average molecular weight is 207 g/mol. The quantitative estimate of drug-likeness (QED) is 0.699. The molecule has 0 saturated carbocycles. The smallest absolute Gasteiger partial charge is 0.339 e. The normalized spacial score (nSPS) is 11.2. The molecule has 0 unspecified atom stereocenters. The van der Waals surface area contributed by atoms with Crippen LogP contribution >= 0.6 is 0 Å². The van der Waals surface area contributed by atoms with Crippen LogP contribution in [0.2, 0.25) is 0 Å². The molecule has 3 nitrogen and oxygen atoms in total. The van der Waals surface area contributed by atoms with Crippen molar-refractivity contribution < 1.29 is 9.53 Å². The van der Waals surface area contributed by atoms with E-state index in [0.717, 1.165) is 5.69 Å². The first-order chi connectivity index (χ1) is 6.95. The van der Waals surface area contributed by atoms with Gasteiger partial charge >= 0.3 is 5.97 Å². The summed E-state index contributed by atoms with van der Waals surface area (Å²) in [6.07, 6.45) is 1.57. The molecule has 1 aromatic heterocycles. The maximum absolute atomic E-state index is 11.3. The molecular weight excluding hydrogens is 190 g/mol. The summed E-state index contributed by atoms with van der Waals surface area (Å²) in [5.41, 5.74) is 1.48. The van der Waals surface area contributed by atoms with Gasteiger partial charge < -0.3 is 4.74 Å². The highest BCUT2D eigenvalue weighted by molar-refractivity contribution is 5.88. The Bertz CT molecular complexity index is 336. The maximum Gasteiger partial charge on any atom is 0.339 e. The second-order valence-corrected chi connectivity index (χ2v) is 4.40. The zero-order chi connectivity index (χ0) is 11.5. The number of hydrogen-bond donors (Lipinski definition) is 0. The molecule has 0 fully saturated rings. The first kappa shape index (κ1) is 11.7. The lowest BCUT2D eigenvalue weighted by molar-refractivity contribution is 0.0526.